The first-order valence-electron chi connectivity index (χ1n) is 8.47. The number of carbonyl (C=O) groups is 3. The van der Waals surface area contributed by atoms with Crippen molar-refractivity contribution in [1.29, 1.82) is 5.26 Å². The summed E-state index contributed by atoms with van der Waals surface area (Å²) in [6.45, 7) is -0.279. The van der Waals surface area contributed by atoms with Gasteiger partial charge in [0.1, 0.15) is 31.0 Å². The molecule has 8 heteroatoms. The smallest absolute Gasteiger partial charge is 0.326 e. The Morgan fingerprint density at radius 2 is 1.88 bits per heavy atom. The molecule has 136 valence electrons. The Morgan fingerprint density at radius 1 is 1.19 bits per heavy atom. The van der Waals surface area contributed by atoms with Gasteiger partial charge in [0.2, 0.25) is 0 Å². The summed E-state index contributed by atoms with van der Waals surface area (Å²) in [5, 5.41) is 11.4. The average Bonchev–Trinajstić information content (AvgIpc) is 3.20. The minimum atomic E-state index is -0.823. The fraction of sp³-hybridized carbons (Fsp3) is 0.444. The molecule has 1 aliphatic carbocycles. The molecule has 3 rings (SSSR count). The maximum Gasteiger partial charge on any atom is 0.326 e. The molecule has 1 aromatic carbocycles. The number of ether oxygens (including phenoxy) is 2. The number of nitrogens with one attached hydrogen (secondary N) is 1. The Labute approximate surface area is 150 Å². The van der Waals surface area contributed by atoms with E-state index in [0.717, 1.165) is 17.7 Å². The summed E-state index contributed by atoms with van der Waals surface area (Å²) in [5.41, 5.74) is -0.298. The maximum absolute atomic E-state index is 12.4. The van der Waals surface area contributed by atoms with Crippen LogP contribution in [0.4, 0.5) is 4.79 Å². The predicted octanol–water partition coefficient (Wildman–Crippen LogP) is 1.34. The molecule has 3 amide bonds. The topological polar surface area (TPSA) is 109 Å². The molecule has 0 aromatic heterocycles. The first-order chi connectivity index (χ1) is 12.5. The molecule has 1 heterocycles. The summed E-state index contributed by atoms with van der Waals surface area (Å²) in [7, 11) is 0. The van der Waals surface area contributed by atoms with Gasteiger partial charge < -0.3 is 14.8 Å². The van der Waals surface area contributed by atoms with Gasteiger partial charge in [-0.15, -0.1) is 0 Å². The third-order valence-electron chi connectivity index (χ3n) is 4.59. The van der Waals surface area contributed by atoms with Crippen molar-refractivity contribution in [3.05, 3.63) is 29.8 Å². The molecule has 2 fully saturated rings. The molecule has 8 nitrogen and oxygen atoms in total. The highest BCUT2D eigenvalue weighted by Crippen LogP contribution is 2.34. The molecule has 2 aliphatic rings. The van der Waals surface area contributed by atoms with Crippen molar-refractivity contribution in [3.8, 4) is 11.8 Å². The van der Waals surface area contributed by atoms with Gasteiger partial charge >= 0.3 is 12.0 Å². The number of rotatable bonds is 6. The van der Waals surface area contributed by atoms with Gasteiger partial charge in [-0.05, 0) is 37.1 Å². The first kappa shape index (κ1) is 17.7. The SMILES string of the molecule is N#Cc1ccc(OCCOC(=O)CN2C(=O)NC3(CCCC3)C2=O)cc1. The largest absolute Gasteiger partial charge is 0.490 e. The molecular weight excluding hydrogens is 338 g/mol. The monoisotopic (exact) mass is 357 g/mol. The number of benzene rings is 1. The van der Waals surface area contributed by atoms with Crippen LogP contribution in [0.15, 0.2) is 24.3 Å². The van der Waals surface area contributed by atoms with Crippen LogP contribution in [0, 0.1) is 11.3 Å². The number of imide groups is 1. The lowest BCUT2D eigenvalue weighted by atomic mass is 9.98. The van der Waals surface area contributed by atoms with Crippen molar-refractivity contribution in [2.24, 2.45) is 0 Å². The van der Waals surface area contributed by atoms with Gasteiger partial charge in [-0.2, -0.15) is 5.26 Å². The predicted molar refractivity (Wildman–Crippen MR) is 89.1 cm³/mol. The number of nitriles is 1. The van der Waals surface area contributed by atoms with Crippen molar-refractivity contribution in [2.45, 2.75) is 31.2 Å². The number of hydrogen-bond donors (Lipinski definition) is 1. The summed E-state index contributed by atoms with van der Waals surface area (Å²) in [6.07, 6.45) is 3.00. The lowest BCUT2D eigenvalue weighted by Crippen LogP contribution is -2.44. The molecule has 0 unspecified atom stereocenters. The van der Waals surface area contributed by atoms with Gasteiger partial charge in [-0.25, -0.2) is 4.79 Å². The van der Waals surface area contributed by atoms with Crippen LogP contribution in [0.3, 0.4) is 0 Å². The highest BCUT2D eigenvalue weighted by Gasteiger charge is 2.52. The molecule has 1 saturated carbocycles. The number of carbonyl (C=O) groups excluding carboxylic acids is 3. The molecule has 1 aromatic rings. The molecule has 0 atom stereocenters. The van der Waals surface area contributed by atoms with E-state index < -0.39 is 24.1 Å². The third-order valence-corrected chi connectivity index (χ3v) is 4.59. The second kappa shape index (κ2) is 7.44. The van der Waals surface area contributed by atoms with Crippen LogP contribution in [-0.2, 0) is 14.3 Å². The lowest BCUT2D eigenvalue weighted by molar-refractivity contribution is -0.148. The molecule has 0 bridgehead atoms. The van der Waals surface area contributed by atoms with E-state index in [9.17, 15) is 14.4 Å². The number of hydrogen-bond acceptors (Lipinski definition) is 6. The zero-order valence-electron chi connectivity index (χ0n) is 14.2. The van der Waals surface area contributed by atoms with Crippen LogP contribution in [0.1, 0.15) is 31.2 Å². The van der Waals surface area contributed by atoms with Gasteiger partial charge in [0.25, 0.3) is 5.91 Å². The molecule has 26 heavy (non-hydrogen) atoms. The van der Waals surface area contributed by atoms with E-state index in [1.165, 1.54) is 0 Å². The Kier molecular flexibility index (Phi) is 5.07. The minimum absolute atomic E-state index is 0.00632. The summed E-state index contributed by atoms with van der Waals surface area (Å²) in [6, 6.07) is 8.01. The van der Waals surface area contributed by atoms with E-state index in [4.69, 9.17) is 14.7 Å². The van der Waals surface area contributed by atoms with Gasteiger partial charge in [-0.3, -0.25) is 14.5 Å². The second-order valence-corrected chi connectivity index (χ2v) is 6.32. The number of amides is 3. The lowest BCUT2D eigenvalue weighted by Gasteiger charge is -2.19. The van der Waals surface area contributed by atoms with Gasteiger partial charge in [-0.1, -0.05) is 12.8 Å². The Hall–Kier alpha value is -3.08. The number of esters is 1. The molecule has 1 spiro atoms. The van der Waals surface area contributed by atoms with Crippen molar-refractivity contribution in [3.63, 3.8) is 0 Å². The number of urea groups is 1. The standard InChI is InChI=1S/C18H19N3O5/c19-11-13-3-5-14(6-4-13)25-9-10-26-15(22)12-21-16(23)18(20-17(21)24)7-1-2-8-18/h3-6H,1-2,7-10,12H2,(H,20,24). The summed E-state index contributed by atoms with van der Waals surface area (Å²) in [4.78, 5) is 37.2. The van der Waals surface area contributed by atoms with Crippen LogP contribution >= 0.6 is 0 Å². The number of nitrogens with zero attached hydrogens (tertiary/aromatic N) is 2. The molecule has 1 N–H and O–H groups in total. The summed E-state index contributed by atoms with van der Waals surface area (Å²) < 4.78 is 10.4. The molecular formula is C18H19N3O5. The van der Waals surface area contributed by atoms with Crippen LogP contribution in [0.2, 0.25) is 0 Å². The van der Waals surface area contributed by atoms with Crippen molar-refractivity contribution < 1.29 is 23.9 Å². The maximum atomic E-state index is 12.4. The summed E-state index contributed by atoms with van der Waals surface area (Å²) >= 11 is 0. The van der Waals surface area contributed by atoms with Crippen LogP contribution in [0.5, 0.6) is 5.75 Å². The van der Waals surface area contributed by atoms with Gasteiger partial charge in [0, 0.05) is 0 Å². The van der Waals surface area contributed by atoms with Crippen LogP contribution in [0.25, 0.3) is 0 Å². The second-order valence-electron chi connectivity index (χ2n) is 6.32. The summed E-state index contributed by atoms with van der Waals surface area (Å²) in [5.74, 6) is -0.449. The quantitative estimate of drug-likeness (QED) is 0.468. The van der Waals surface area contributed by atoms with E-state index in [-0.39, 0.29) is 19.1 Å². The average molecular weight is 357 g/mol. The normalized spacial score (nSPS) is 17.9. The third kappa shape index (κ3) is 3.61. The Balaban J connectivity index is 1.42. The van der Waals surface area contributed by atoms with Crippen molar-refractivity contribution in [2.75, 3.05) is 19.8 Å². The van der Waals surface area contributed by atoms with Gasteiger partial charge in [0.05, 0.1) is 11.6 Å². The highest BCUT2D eigenvalue weighted by atomic mass is 16.6. The van der Waals surface area contributed by atoms with Crippen molar-refractivity contribution in [1.82, 2.24) is 10.2 Å². The van der Waals surface area contributed by atoms with E-state index in [0.29, 0.717) is 24.2 Å². The molecule has 0 radical (unpaired) electrons. The van der Waals surface area contributed by atoms with E-state index in [2.05, 4.69) is 5.32 Å². The van der Waals surface area contributed by atoms with E-state index >= 15 is 0 Å². The molecule has 1 saturated heterocycles. The minimum Gasteiger partial charge on any atom is -0.490 e. The van der Waals surface area contributed by atoms with Crippen LogP contribution < -0.4 is 10.1 Å². The fourth-order valence-electron chi connectivity index (χ4n) is 3.25. The zero-order valence-corrected chi connectivity index (χ0v) is 14.2. The highest BCUT2D eigenvalue weighted by molar-refractivity contribution is 6.08. The zero-order chi connectivity index (χ0) is 18.6. The van der Waals surface area contributed by atoms with E-state index in [1.54, 1.807) is 24.3 Å². The molecule has 1 aliphatic heterocycles. The fourth-order valence-corrected chi connectivity index (χ4v) is 3.25. The Morgan fingerprint density at radius 3 is 2.54 bits per heavy atom. The van der Waals surface area contributed by atoms with Gasteiger partial charge in [0.15, 0.2) is 0 Å². The van der Waals surface area contributed by atoms with Crippen molar-refractivity contribution >= 4 is 17.9 Å². The first-order valence-corrected chi connectivity index (χ1v) is 8.47. The Bertz CT molecular complexity index is 747. The van der Waals surface area contributed by atoms with Crippen LogP contribution in [-0.4, -0.2) is 48.1 Å². The van der Waals surface area contributed by atoms with E-state index in [1.807, 2.05) is 6.07 Å².